The molecule has 3 aromatic carbocycles. The van der Waals surface area contributed by atoms with Crippen molar-refractivity contribution in [3.63, 3.8) is 0 Å². The van der Waals surface area contributed by atoms with Crippen molar-refractivity contribution in [2.24, 2.45) is 0 Å². The van der Waals surface area contributed by atoms with Crippen LogP contribution in [0.25, 0.3) is 16.8 Å². The number of H-pyrrole nitrogens is 1. The first-order valence-electron chi connectivity index (χ1n) is 13.6. The molecule has 1 unspecified atom stereocenters. The maximum absolute atomic E-state index is 13.7. The number of nitrogens with zero attached hydrogens (tertiary/aromatic N) is 3. The van der Waals surface area contributed by atoms with Gasteiger partial charge in [0.2, 0.25) is 5.95 Å². The van der Waals surface area contributed by atoms with Crippen molar-refractivity contribution in [2.75, 3.05) is 37.1 Å². The predicted octanol–water partition coefficient (Wildman–Crippen LogP) is 5.67. The highest BCUT2D eigenvalue weighted by atomic mass is 16.5. The van der Waals surface area contributed by atoms with Gasteiger partial charge in [0.15, 0.2) is 0 Å². The van der Waals surface area contributed by atoms with Gasteiger partial charge in [-0.1, -0.05) is 12.1 Å². The van der Waals surface area contributed by atoms with Crippen LogP contribution in [0.4, 0.5) is 11.6 Å². The Bertz CT molecular complexity index is 1630. The van der Waals surface area contributed by atoms with Crippen LogP contribution in [0, 0.1) is 13.8 Å². The second kappa shape index (κ2) is 11.0. The number of nitrogens with one attached hydrogen (secondary N) is 1. The van der Waals surface area contributed by atoms with Crippen molar-refractivity contribution in [1.82, 2.24) is 9.97 Å². The number of hydrogen-bond acceptors (Lipinski definition) is 7. The Balaban J connectivity index is 1.72. The molecule has 1 saturated heterocycles. The number of benzene rings is 3. The van der Waals surface area contributed by atoms with Gasteiger partial charge in [0, 0.05) is 25.8 Å². The summed E-state index contributed by atoms with van der Waals surface area (Å²) in [6.07, 6.45) is 0. The molecular formula is C32H34N4O5. The minimum absolute atomic E-state index is 0.0504. The van der Waals surface area contributed by atoms with Crippen LogP contribution in [-0.2, 0) is 9.59 Å². The SMILES string of the molecule is CCOc1ccc(/C(O)=C2\C(=O)C(=O)N(c3nc4cc(C)c(C)cc4[nH]3)C2c2ccc(N(C)C)cc2)c(OCC)c1. The van der Waals surface area contributed by atoms with E-state index >= 15 is 0 Å². The molecule has 1 atom stereocenters. The van der Waals surface area contributed by atoms with Crippen molar-refractivity contribution in [3.8, 4) is 11.5 Å². The number of anilines is 2. The summed E-state index contributed by atoms with van der Waals surface area (Å²) >= 11 is 0. The van der Waals surface area contributed by atoms with Crippen molar-refractivity contribution >= 4 is 40.1 Å². The van der Waals surface area contributed by atoms with Gasteiger partial charge in [-0.3, -0.25) is 14.5 Å². The highest BCUT2D eigenvalue weighted by Crippen LogP contribution is 2.43. The zero-order valence-electron chi connectivity index (χ0n) is 24.1. The van der Waals surface area contributed by atoms with Crippen molar-refractivity contribution in [1.29, 1.82) is 0 Å². The number of aryl methyl sites for hydroxylation is 2. The van der Waals surface area contributed by atoms with Crippen LogP contribution < -0.4 is 19.3 Å². The largest absolute Gasteiger partial charge is 0.507 e. The highest BCUT2D eigenvalue weighted by molar-refractivity contribution is 6.51. The quantitative estimate of drug-likeness (QED) is 0.164. The Hall–Kier alpha value is -4.79. The monoisotopic (exact) mass is 554 g/mol. The van der Waals surface area contributed by atoms with Gasteiger partial charge in [0.25, 0.3) is 5.78 Å². The van der Waals surface area contributed by atoms with Crippen LogP contribution in [0.2, 0.25) is 0 Å². The average Bonchev–Trinajstić information content (AvgIpc) is 3.46. The molecule has 1 aliphatic heterocycles. The minimum atomic E-state index is -0.935. The lowest BCUT2D eigenvalue weighted by Gasteiger charge is -2.24. The number of amides is 1. The minimum Gasteiger partial charge on any atom is -0.507 e. The average molecular weight is 555 g/mol. The molecule has 9 nitrogen and oxygen atoms in total. The van der Waals surface area contributed by atoms with Gasteiger partial charge in [-0.2, -0.15) is 0 Å². The Morgan fingerprint density at radius 1 is 0.976 bits per heavy atom. The molecule has 1 fully saturated rings. The molecule has 0 bridgehead atoms. The number of hydrogen-bond donors (Lipinski definition) is 2. The number of carbonyl (C=O) groups is 2. The van der Waals surface area contributed by atoms with Gasteiger partial charge in [-0.05, 0) is 80.8 Å². The zero-order chi connectivity index (χ0) is 29.4. The molecule has 4 aromatic rings. The van der Waals surface area contributed by atoms with E-state index in [4.69, 9.17) is 14.5 Å². The third-order valence-electron chi connectivity index (χ3n) is 7.30. The molecule has 1 aromatic heterocycles. The molecule has 1 amide bonds. The van der Waals surface area contributed by atoms with E-state index in [2.05, 4.69) is 4.98 Å². The molecule has 0 radical (unpaired) electrons. The summed E-state index contributed by atoms with van der Waals surface area (Å²) in [5, 5.41) is 11.7. The number of aromatic amines is 1. The summed E-state index contributed by atoms with van der Waals surface area (Å²) in [7, 11) is 3.86. The number of rotatable bonds is 8. The number of carbonyl (C=O) groups excluding carboxylic acids is 2. The van der Waals surface area contributed by atoms with Gasteiger partial charge >= 0.3 is 5.91 Å². The first-order chi connectivity index (χ1) is 19.6. The first kappa shape index (κ1) is 27.8. The molecule has 0 aliphatic carbocycles. The van der Waals surface area contributed by atoms with E-state index in [0.717, 1.165) is 22.3 Å². The Morgan fingerprint density at radius 2 is 1.66 bits per heavy atom. The van der Waals surface area contributed by atoms with Gasteiger partial charge in [-0.25, -0.2) is 4.98 Å². The second-order valence-corrected chi connectivity index (χ2v) is 10.2. The molecule has 0 spiro atoms. The van der Waals surface area contributed by atoms with Crippen molar-refractivity contribution in [3.05, 3.63) is 82.4 Å². The van der Waals surface area contributed by atoms with Gasteiger partial charge in [-0.15, -0.1) is 0 Å². The van der Waals surface area contributed by atoms with Crippen LogP contribution in [0.5, 0.6) is 11.5 Å². The molecule has 212 valence electrons. The smallest absolute Gasteiger partial charge is 0.302 e. The maximum Gasteiger partial charge on any atom is 0.302 e. The molecule has 2 heterocycles. The first-order valence-corrected chi connectivity index (χ1v) is 13.6. The summed E-state index contributed by atoms with van der Waals surface area (Å²) < 4.78 is 11.4. The number of aromatic nitrogens is 2. The maximum atomic E-state index is 13.7. The number of fused-ring (bicyclic) bond motifs is 1. The van der Waals surface area contributed by atoms with E-state index in [1.54, 1.807) is 18.2 Å². The Kier molecular flexibility index (Phi) is 7.45. The van der Waals surface area contributed by atoms with E-state index < -0.39 is 17.7 Å². The number of Topliss-reactive ketones (excluding diaryl/α,β-unsaturated/α-hetero) is 1. The van der Waals surface area contributed by atoms with Gasteiger partial charge < -0.3 is 24.5 Å². The van der Waals surface area contributed by atoms with E-state index in [1.165, 1.54) is 4.90 Å². The summed E-state index contributed by atoms with van der Waals surface area (Å²) in [4.78, 5) is 38.6. The van der Waals surface area contributed by atoms with Crippen LogP contribution in [0.1, 0.15) is 42.1 Å². The Labute approximate surface area is 239 Å². The van der Waals surface area contributed by atoms with E-state index in [1.807, 2.05) is 83.1 Å². The summed E-state index contributed by atoms with van der Waals surface area (Å²) in [5.41, 5.74) is 5.40. The fourth-order valence-corrected chi connectivity index (χ4v) is 5.07. The fraction of sp³-hybridized carbons (Fsp3) is 0.281. The van der Waals surface area contributed by atoms with E-state index in [-0.39, 0.29) is 17.3 Å². The van der Waals surface area contributed by atoms with Crippen LogP contribution >= 0.6 is 0 Å². The molecule has 0 saturated carbocycles. The Morgan fingerprint density at radius 3 is 2.32 bits per heavy atom. The molecule has 1 aliphatic rings. The number of imidazole rings is 1. The zero-order valence-corrected chi connectivity index (χ0v) is 24.1. The van der Waals surface area contributed by atoms with Crippen LogP contribution in [-0.4, -0.2) is 54.1 Å². The van der Waals surface area contributed by atoms with Crippen LogP contribution in [0.3, 0.4) is 0 Å². The summed E-state index contributed by atoms with van der Waals surface area (Å²) in [6.45, 7) is 8.49. The molecular weight excluding hydrogens is 520 g/mol. The van der Waals surface area contributed by atoms with Gasteiger partial charge in [0.05, 0.1) is 41.4 Å². The van der Waals surface area contributed by atoms with E-state index in [9.17, 15) is 14.7 Å². The van der Waals surface area contributed by atoms with Crippen molar-refractivity contribution in [2.45, 2.75) is 33.7 Å². The summed E-state index contributed by atoms with van der Waals surface area (Å²) in [5.74, 6) is -0.792. The normalized spacial score (nSPS) is 16.4. The number of ether oxygens (including phenoxy) is 2. The standard InChI is InChI=1S/C32H34N4O5/c1-7-40-22-13-14-23(26(17-22)41-8-2)29(37)27-28(20-9-11-21(12-10-20)35(5)6)36(31(39)30(27)38)32-33-24-15-18(3)19(4)16-25(24)34-32/h9-17,28,37H,7-8H2,1-6H3,(H,33,34)/b29-27+. The highest BCUT2D eigenvalue weighted by Gasteiger charge is 2.48. The lowest BCUT2D eigenvalue weighted by Crippen LogP contribution is -2.30. The topological polar surface area (TPSA) is 108 Å². The molecule has 5 rings (SSSR count). The second-order valence-electron chi connectivity index (χ2n) is 10.2. The fourth-order valence-electron chi connectivity index (χ4n) is 5.07. The predicted molar refractivity (Wildman–Crippen MR) is 160 cm³/mol. The molecule has 41 heavy (non-hydrogen) atoms. The van der Waals surface area contributed by atoms with Crippen LogP contribution in [0.15, 0.2) is 60.2 Å². The lowest BCUT2D eigenvalue weighted by atomic mass is 9.94. The molecule has 9 heteroatoms. The van der Waals surface area contributed by atoms with Crippen molar-refractivity contribution < 1.29 is 24.2 Å². The number of aliphatic hydroxyl groups is 1. The van der Waals surface area contributed by atoms with E-state index in [0.29, 0.717) is 41.4 Å². The lowest BCUT2D eigenvalue weighted by molar-refractivity contribution is -0.132. The third-order valence-corrected chi connectivity index (χ3v) is 7.30. The van der Waals surface area contributed by atoms with Gasteiger partial charge in [0.1, 0.15) is 17.3 Å². The number of ketones is 1. The molecule has 2 N–H and O–H groups in total. The third kappa shape index (κ3) is 4.99. The summed E-state index contributed by atoms with van der Waals surface area (Å²) in [6, 6.07) is 15.5. The number of aliphatic hydroxyl groups excluding tert-OH is 1.